The topological polar surface area (TPSA) is 12.0 Å². The first-order chi connectivity index (χ1) is 8.29. The Morgan fingerprint density at radius 3 is 2.65 bits per heavy atom. The van der Waals surface area contributed by atoms with Crippen molar-refractivity contribution in [3.05, 3.63) is 11.6 Å². The van der Waals surface area contributed by atoms with E-state index in [4.69, 9.17) is 0 Å². The Morgan fingerprint density at radius 1 is 1.18 bits per heavy atom. The van der Waals surface area contributed by atoms with Crippen LogP contribution in [0.1, 0.15) is 65.7 Å². The van der Waals surface area contributed by atoms with Gasteiger partial charge in [-0.25, -0.2) is 0 Å². The highest BCUT2D eigenvalue weighted by Crippen LogP contribution is 2.36. The van der Waals surface area contributed by atoms with E-state index in [1.807, 2.05) is 0 Å². The SMILES string of the molecule is CCCNCCC=C(C)C1CCCCC1CC. The monoisotopic (exact) mass is 237 g/mol. The van der Waals surface area contributed by atoms with Gasteiger partial charge in [0.15, 0.2) is 0 Å². The summed E-state index contributed by atoms with van der Waals surface area (Å²) in [5.41, 5.74) is 1.66. The molecule has 0 radical (unpaired) electrons. The number of rotatable bonds is 7. The van der Waals surface area contributed by atoms with E-state index in [9.17, 15) is 0 Å². The minimum absolute atomic E-state index is 0.889. The Hall–Kier alpha value is -0.300. The van der Waals surface area contributed by atoms with Gasteiger partial charge in [0.25, 0.3) is 0 Å². The van der Waals surface area contributed by atoms with E-state index in [1.165, 1.54) is 44.9 Å². The van der Waals surface area contributed by atoms with Gasteiger partial charge in [-0.05, 0) is 57.5 Å². The Bertz CT molecular complexity index is 220. The normalized spacial score (nSPS) is 26.2. The molecular formula is C16H31N. The minimum Gasteiger partial charge on any atom is -0.316 e. The van der Waals surface area contributed by atoms with Gasteiger partial charge in [-0.2, -0.15) is 0 Å². The van der Waals surface area contributed by atoms with E-state index in [0.29, 0.717) is 0 Å². The van der Waals surface area contributed by atoms with Crippen LogP contribution in [0.4, 0.5) is 0 Å². The summed E-state index contributed by atoms with van der Waals surface area (Å²) < 4.78 is 0. The third-order valence-electron chi connectivity index (χ3n) is 4.23. The molecule has 0 amide bonds. The lowest BCUT2D eigenvalue weighted by molar-refractivity contribution is 0.264. The van der Waals surface area contributed by atoms with Gasteiger partial charge >= 0.3 is 0 Å². The predicted octanol–water partition coefficient (Wildman–Crippen LogP) is 4.54. The summed E-state index contributed by atoms with van der Waals surface area (Å²) in [6, 6.07) is 0. The van der Waals surface area contributed by atoms with Gasteiger partial charge in [0.05, 0.1) is 0 Å². The summed E-state index contributed by atoms with van der Waals surface area (Å²) in [4.78, 5) is 0. The standard InChI is InChI=1S/C16H31N/c1-4-12-17-13-8-9-14(3)16-11-7-6-10-15(16)5-2/h9,15-17H,4-8,10-13H2,1-3H3. The van der Waals surface area contributed by atoms with Gasteiger partial charge in [-0.3, -0.25) is 0 Å². The molecule has 0 heterocycles. The average Bonchev–Trinajstić information content (AvgIpc) is 2.38. The highest BCUT2D eigenvalue weighted by Gasteiger charge is 2.24. The number of nitrogens with one attached hydrogen (secondary N) is 1. The molecule has 0 aliphatic heterocycles. The van der Waals surface area contributed by atoms with Crippen molar-refractivity contribution >= 4 is 0 Å². The molecule has 0 aromatic rings. The minimum atomic E-state index is 0.889. The Kier molecular flexibility index (Phi) is 7.59. The zero-order valence-electron chi connectivity index (χ0n) is 12.1. The van der Waals surface area contributed by atoms with E-state index in [1.54, 1.807) is 5.57 Å². The van der Waals surface area contributed by atoms with Crippen LogP contribution in [-0.4, -0.2) is 13.1 Å². The highest BCUT2D eigenvalue weighted by atomic mass is 14.8. The smallest absolute Gasteiger partial charge is 0.00142 e. The lowest BCUT2D eigenvalue weighted by Gasteiger charge is -2.31. The van der Waals surface area contributed by atoms with Crippen molar-refractivity contribution < 1.29 is 0 Å². The third kappa shape index (κ3) is 5.25. The molecule has 1 aliphatic carbocycles. The van der Waals surface area contributed by atoms with Crippen molar-refractivity contribution in [3.63, 3.8) is 0 Å². The number of allylic oxidation sites excluding steroid dienone is 1. The molecular weight excluding hydrogens is 206 g/mol. The molecule has 1 N–H and O–H groups in total. The van der Waals surface area contributed by atoms with Crippen LogP contribution >= 0.6 is 0 Å². The zero-order chi connectivity index (χ0) is 12.5. The Morgan fingerprint density at radius 2 is 1.94 bits per heavy atom. The fourth-order valence-electron chi connectivity index (χ4n) is 3.15. The van der Waals surface area contributed by atoms with Crippen molar-refractivity contribution in [1.82, 2.24) is 5.32 Å². The summed E-state index contributed by atoms with van der Waals surface area (Å²) in [7, 11) is 0. The predicted molar refractivity (Wildman–Crippen MR) is 77.3 cm³/mol. The molecule has 0 saturated heterocycles. The lowest BCUT2D eigenvalue weighted by Crippen LogP contribution is -2.20. The van der Waals surface area contributed by atoms with Gasteiger partial charge in [0, 0.05) is 0 Å². The van der Waals surface area contributed by atoms with Crippen molar-refractivity contribution in [3.8, 4) is 0 Å². The zero-order valence-corrected chi connectivity index (χ0v) is 12.1. The second kappa shape index (κ2) is 8.74. The molecule has 17 heavy (non-hydrogen) atoms. The quantitative estimate of drug-likeness (QED) is 0.506. The van der Waals surface area contributed by atoms with Gasteiger partial charge < -0.3 is 5.32 Å². The molecule has 1 heteroatoms. The Balaban J connectivity index is 2.32. The van der Waals surface area contributed by atoms with Crippen LogP contribution in [0.25, 0.3) is 0 Å². The van der Waals surface area contributed by atoms with Crippen LogP contribution in [0, 0.1) is 11.8 Å². The average molecular weight is 237 g/mol. The number of hydrogen-bond donors (Lipinski definition) is 1. The molecule has 1 aliphatic rings. The van der Waals surface area contributed by atoms with Crippen LogP contribution < -0.4 is 5.32 Å². The van der Waals surface area contributed by atoms with Gasteiger partial charge in [0.1, 0.15) is 0 Å². The van der Waals surface area contributed by atoms with Crippen LogP contribution in [0.5, 0.6) is 0 Å². The lowest BCUT2D eigenvalue weighted by atomic mass is 9.74. The summed E-state index contributed by atoms with van der Waals surface area (Å²) in [5, 5.41) is 3.47. The van der Waals surface area contributed by atoms with Crippen LogP contribution in [-0.2, 0) is 0 Å². The van der Waals surface area contributed by atoms with E-state index in [0.717, 1.165) is 24.9 Å². The van der Waals surface area contributed by atoms with Gasteiger partial charge in [-0.1, -0.05) is 44.8 Å². The fourth-order valence-corrected chi connectivity index (χ4v) is 3.15. The van der Waals surface area contributed by atoms with E-state index in [2.05, 4.69) is 32.2 Å². The molecule has 100 valence electrons. The number of hydrogen-bond acceptors (Lipinski definition) is 1. The first-order valence-corrected chi connectivity index (χ1v) is 7.66. The molecule has 1 nitrogen and oxygen atoms in total. The second-order valence-electron chi connectivity index (χ2n) is 5.55. The van der Waals surface area contributed by atoms with Crippen LogP contribution in [0.15, 0.2) is 11.6 Å². The van der Waals surface area contributed by atoms with E-state index >= 15 is 0 Å². The molecule has 0 aromatic heterocycles. The maximum atomic E-state index is 3.47. The Labute approximate surface area is 108 Å². The molecule has 0 spiro atoms. The van der Waals surface area contributed by atoms with Crippen molar-refractivity contribution in [2.24, 2.45) is 11.8 Å². The van der Waals surface area contributed by atoms with Crippen LogP contribution in [0.3, 0.4) is 0 Å². The van der Waals surface area contributed by atoms with Crippen LogP contribution in [0.2, 0.25) is 0 Å². The van der Waals surface area contributed by atoms with E-state index < -0.39 is 0 Å². The molecule has 0 bridgehead atoms. The maximum Gasteiger partial charge on any atom is -0.00142 e. The van der Waals surface area contributed by atoms with Crippen molar-refractivity contribution in [2.75, 3.05) is 13.1 Å². The van der Waals surface area contributed by atoms with E-state index in [-0.39, 0.29) is 0 Å². The molecule has 2 unspecified atom stereocenters. The highest BCUT2D eigenvalue weighted by molar-refractivity contribution is 5.06. The van der Waals surface area contributed by atoms with Gasteiger partial charge in [0.2, 0.25) is 0 Å². The first-order valence-electron chi connectivity index (χ1n) is 7.66. The fraction of sp³-hybridized carbons (Fsp3) is 0.875. The summed E-state index contributed by atoms with van der Waals surface area (Å²) in [6.45, 7) is 9.25. The molecule has 1 rings (SSSR count). The maximum absolute atomic E-state index is 3.47. The first kappa shape index (κ1) is 14.8. The summed E-state index contributed by atoms with van der Waals surface area (Å²) >= 11 is 0. The molecule has 1 fully saturated rings. The molecule has 1 saturated carbocycles. The second-order valence-corrected chi connectivity index (χ2v) is 5.55. The van der Waals surface area contributed by atoms with Crippen molar-refractivity contribution in [1.29, 1.82) is 0 Å². The van der Waals surface area contributed by atoms with Gasteiger partial charge in [-0.15, -0.1) is 0 Å². The largest absolute Gasteiger partial charge is 0.316 e. The third-order valence-corrected chi connectivity index (χ3v) is 4.23. The molecule has 0 aromatic carbocycles. The molecule has 2 atom stereocenters. The summed E-state index contributed by atoms with van der Waals surface area (Å²) in [6.07, 6.45) is 12.1. The van der Waals surface area contributed by atoms with Crippen molar-refractivity contribution in [2.45, 2.75) is 65.7 Å². The summed E-state index contributed by atoms with van der Waals surface area (Å²) in [5.74, 6) is 1.85.